The van der Waals surface area contributed by atoms with Gasteiger partial charge in [0.1, 0.15) is 5.39 Å². The molecule has 0 N–H and O–H groups in total. The van der Waals surface area contributed by atoms with Crippen LogP contribution in [0.5, 0.6) is 0 Å². The molecule has 0 saturated heterocycles. The summed E-state index contributed by atoms with van der Waals surface area (Å²) >= 11 is 0. The van der Waals surface area contributed by atoms with E-state index in [2.05, 4.69) is 11.7 Å². The van der Waals surface area contributed by atoms with Gasteiger partial charge in [-0.25, -0.2) is 9.48 Å². The van der Waals surface area contributed by atoms with E-state index in [1.165, 1.54) is 16.3 Å². The van der Waals surface area contributed by atoms with E-state index in [-0.39, 0.29) is 5.56 Å². The summed E-state index contributed by atoms with van der Waals surface area (Å²) in [6.07, 6.45) is 1.60. The molecule has 3 aromatic rings. The van der Waals surface area contributed by atoms with Crippen LogP contribution in [0.3, 0.4) is 0 Å². The van der Waals surface area contributed by atoms with E-state index in [1.54, 1.807) is 13.2 Å². The first-order valence-corrected chi connectivity index (χ1v) is 6.41. The van der Waals surface area contributed by atoms with Crippen LogP contribution in [0, 0.1) is 0 Å². The van der Waals surface area contributed by atoms with Crippen molar-refractivity contribution < 1.29 is 0 Å². The van der Waals surface area contributed by atoms with E-state index >= 15 is 0 Å². The van der Waals surface area contributed by atoms with Crippen molar-refractivity contribution >= 4 is 16.7 Å². The van der Waals surface area contributed by atoms with Crippen LogP contribution < -0.4 is 11.2 Å². The van der Waals surface area contributed by atoms with Gasteiger partial charge >= 0.3 is 5.69 Å². The van der Waals surface area contributed by atoms with Gasteiger partial charge in [0.15, 0.2) is 5.65 Å². The molecule has 0 fully saturated rings. The van der Waals surface area contributed by atoms with Crippen molar-refractivity contribution in [3.8, 4) is 0 Å². The average molecular weight is 282 g/mol. The van der Waals surface area contributed by atoms with Gasteiger partial charge in [0.25, 0.3) is 5.56 Å². The molecule has 0 aliphatic carbocycles. The third kappa shape index (κ3) is 1.92. The monoisotopic (exact) mass is 282 g/mol. The van der Waals surface area contributed by atoms with Crippen LogP contribution >= 0.6 is 0 Å². The molecule has 1 aromatic carbocycles. The molecule has 6 heteroatoms. The topological polar surface area (TPSA) is 61.8 Å². The Labute approximate surface area is 120 Å². The lowest BCUT2D eigenvalue weighted by atomic mass is 10.2. The van der Waals surface area contributed by atoms with Crippen LogP contribution in [0.1, 0.15) is 5.56 Å². The maximum absolute atomic E-state index is 12.1. The third-order valence-electron chi connectivity index (χ3n) is 3.50. The zero-order chi connectivity index (χ0) is 15.1. The molecule has 106 valence electrons. The number of benzene rings is 1. The molecule has 0 atom stereocenters. The smallest absolute Gasteiger partial charge is 0.279 e. The molecule has 2 heterocycles. The maximum Gasteiger partial charge on any atom is 0.332 e. The molecular formula is C15H14N4O2. The largest absolute Gasteiger partial charge is 0.332 e. The highest BCUT2D eigenvalue weighted by Gasteiger charge is 2.13. The Morgan fingerprint density at radius 2 is 1.76 bits per heavy atom. The average Bonchev–Trinajstić information content (AvgIpc) is 2.96. The Morgan fingerprint density at radius 1 is 1.10 bits per heavy atom. The van der Waals surface area contributed by atoms with Crippen LogP contribution in [0.15, 0.2) is 52.7 Å². The van der Waals surface area contributed by atoms with E-state index in [1.807, 2.05) is 30.3 Å². The molecular weight excluding hydrogens is 268 g/mol. The molecule has 21 heavy (non-hydrogen) atoms. The normalized spacial score (nSPS) is 11.0. The van der Waals surface area contributed by atoms with Gasteiger partial charge in [-0.3, -0.25) is 13.9 Å². The molecule has 0 bridgehead atoms. The maximum atomic E-state index is 12.1. The fraction of sp³-hybridized carbons (Fsp3) is 0.133. The second-order valence-electron chi connectivity index (χ2n) is 4.83. The highest BCUT2D eigenvalue weighted by molar-refractivity contribution is 5.76. The Morgan fingerprint density at radius 3 is 2.43 bits per heavy atom. The van der Waals surface area contributed by atoms with E-state index in [0.29, 0.717) is 16.7 Å². The summed E-state index contributed by atoms with van der Waals surface area (Å²) in [4.78, 5) is 24.0. The lowest BCUT2D eigenvalue weighted by molar-refractivity contribution is 0.706. The van der Waals surface area contributed by atoms with Crippen molar-refractivity contribution in [1.29, 1.82) is 0 Å². The minimum atomic E-state index is -0.400. The summed E-state index contributed by atoms with van der Waals surface area (Å²) in [5.74, 6) is 0. The highest BCUT2D eigenvalue weighted by Crippen LogP contribution is 2.16. The number of nitrogens with zero attached hydrogens (tertiary/aromatic N) is 4. The summed E-state index contributed by atoms with van der Waals surface area (Å²) in [5.41, 5.74) is 1.12. The van der Waals surface area contributed by atoms with Gasteiger partial charge < -0.3 is 0 Å². The van der Waals surface area contributed by atoms with Crippen molar-refractivity contribution in [3.63, 3.8) is 0 Å². The Kier molecular flexibility index (Phi) is 2.86. The number of rotatable bonds is 2. The molecule has 0 amide bonds. The van der Waals surface area contributed by atoms with Crippen LogP contribution in [-0.4, -0.2) is 18.9 Å². The van der Waals surface area contributed by atoms with Crippen molar-refractivity contribution in [2.45, 2.75) is 0 Å². The molecule has 0 saturated carbocycles. The molecule has 2 aromatic heterocycles. The second-order valence-corrected chi connectivity index (χ2v) is 4.83. The number of fused-ring (bicyclic) bond motifs is 1. The number of aryl methyl sites for hydroxylation is 1. The van der Waals surface area contributed by atoms with Crippen LogP contribution in [0.4, 0.5) is 0 Å². The van der Waals surface area contributed by atoms with Crippen LogP contribution in [0.25, 0.3) is 16.7 Å². The van der Waals surface area contributed by atoms with Gasteiger partial charge in [-0.05, 0) is 5.56 Å². The van der Waals surface area contributed by atoms with Gasteiger partial charge in [-0.1, -0.05) is 36.9 Å². The zero-order valence-corrected chi connectivity index (χ0v) is 11.8. The van der Waals surface area contributed by atoms with E-state index in [0.717, 1.165) is 10.1 Å². The fourth-order valence-corrected chi connectivity index (χ4v) is 2.25. The van der Waals surface area contributed by atoms with Crippen molar-refractivity contribution in [1.82, 2.24) is 18.9 Å². The summed E-state index contributed by atoms with van der Waals surface area (Å²) in [6, 6.07) is 9.53. The standard InChI is InChI=1S/C15H14N4O2/c1-10(11-7-5-4-6-8-11)19-9-12-13(16-19)17(2)15(21)18(3)14(12)20/h4-9H,1H2,2-3H3. The molecule has 0 aliphatic heterocycles. The molecule has 0 unspecified atom stereocenters. The van der Waals surface area contributed by atoms with Gasteiger partial charge in [-0.2, -0.15) is 0 Å². The molecule has 6 nitrogen and oxygen atoms in total. The SMILES string of the molecule is C=C(c1ccccc1)n1cc2c(=O)n(C)c(=O)n(C)c2n1. The minimum absolute atomic E-state index is 0.347. The van der Waals surface area contributed by atoms with Crippen LogP contribution in [0.2, 0.25) is 0 Å². The van der Waals surface area contributed by atoms with Gasteiger partial charge in [-0.15, -0.1) is 5.10 Å². The van der Waals surface area contributed by atoms with E-state index in [9.17, 15) is 9.59 Å². The molecule has 0 aliphatic rings. The first kappa shape index (κ1) is 13.1. The van der Waals surface area contributed by atoms with Gasteiger partial charge in [0.05, 0.1) is 5.70 Å². The van der Waals surface area contributed by atoms with E-state index < -0.39 is 5.69 Å². The third-order valence-corrected chi connectivity index (χ3v) is 3.50. The fourth-order valence-electron chi connectivity index (χ4n) is 2.25. The first-order chi connectivity index (χ1) is 10.0. The minimum Gasteiger partial charge on any atom is -0.279 e. The lowest BCUT2D eigenvalue weighted by Crippen LogP contribution is -2.36. The summed E-state index contributed by atoms with van der Waals surface area (Å²) in [6.45, 7) is 4.00. The van der Waals surface area contributed by atoms with Gasteiger partial charge in [0, 0.05) is 20.3 Å². The van der Waals surface area contributed by atoms with Crippen LogP contribution in [-0.2, 0) is 14.1 Å². The Hall–Kier alpha value is -2.89. The number of hydrogen-bond donors (Lipinski definition) is 0. The molecule has 0 spiro atoms. The quantitative estimate of drug-likeness (QED) is 0.703. The van der Waals surface area contributed by atoms with Gasteiger partial charge in [0.2, 0.25) is 0 Å². The van der Waals surface area contributed by atoms with E-state index in [4.69, 9.17) is 0 Å². The Balaban J connectivity index is 2.26. The van der Waals surface area contributed by atoms with Crippen molar-refractivity contribution in [2.75, 3.05) is 0 Å². The second kappa shape index (κ2) is 4.59. The van der Waals surface area contributed by atoms with Crippen molar-refractivity contribution in [2.24, 2.45) is 14.1 Å². The zero-order valence-electron chi connectivity index (χ0n) is 11.8. The first-order valence-electron chi connectivity index (χ1n) is 6.41. The molecule has 0 radical (unpaired) electrons. The highest BCUT2D eigenvalue weighted by atomic mass is 16.2. The van der Waals surface area contributed by atoms with Crippen molar-refractivity contribution in [3.05, 3.63) is 69.5 Å². The summed E-state index contributed by atoms with van der Waals surface area (Å²) < 4.78 is 3.95. The Bertz CT molecular complexity index is 961. The number of hydrogen-bond acceptors (Lipinski definition) is 3. The summed E-state index contributed by atoms with van der Waals surface area (Å²) in [5, 5.41) is 4.70. The molecule has 3 rings (SSSR count). The lowest BCUT2D eigenvalue weighted by Gasteiger charge is -2.04. The predicted octanol–water partition coefficient (Wildman–Crippen LogP) is 0.953. The summed E-state index contributed by atoms with van der Waals surface area (Å²) in [7, 11) is 3.04. The predicted molar refractivity (Wildman–Crippen MR) is 81.1 cm³/mol. The number of aromatic nitrogens is 4.